The van der Waals surface area contributed by atoms with Gasteiger partial charge in [0.15, 0.2) is 5.82 Å². The summed E-state index contributed by atoms with van der Waals surface area (Å²) >= 11 is 0. The van der Waals surface area contributed by atoms with Crippen molar-refractivity contribution in [1.29, 1.82) is 0 Å². The van der Waals surface area contributed by atoms with Gasteiger partial charge in [0.2, 0.25) is 0 Å². The molecule has 0 aliphatic carbocycles. The summed E-state index contributed by atoms with van der Waals surface area (Å²) in [5, 5.41) is 7.51. The van der Waals surface area contributed by atoms with Crippen LogP contribution in [0.3, 0.4) is 0 Å². The number of anilines is 2. The third-order valence-electron chi connectivity index (χ3n) is 4.81. The summed E-state index contributed by atoms with van der Waals surface area (Å²) in [7, 11) is 1.88. The van der Waals surface area contributed by atoms with Crippen molar-refractivity contribution >= 4 is 17.4 Å². The number of imidazole rings is 1. The van der Waals surface area contributed by atoms with E-state index in [0.29, 0.717) is 11.5 Å². The van der Waals surface area contributed by atoms with E-state index in [0.717, 1.165) is 43.3 Å². The molecule has 0 radical (unpaired) electrons. The van der Waals surface area contributed by atoms with Crippen LogP contribution in [-0.2, 0) is 7.05 Å². The van der Waals surface area contributed by atoms with E-state index >= 15 is 0 Å². The van der Waals surface area contributed by atoms with Gasteiger partial charge in [0.25, 0.3) is 5.91 Å². The Labute approximate surface area is 152 Å². The molecular weight excluding hydrogens is 328 g/mol. The lowest BCUT2D eigenvalue weighted by Crippen LogP contribution is -2.38. The number of nitrogens with one attached hydrogen (secondary N) is 2. The van der Waals surface area contributed by atoms with Crippen LogP contribution in [0.1, 0.15) is 34.9 Å². The first-order valence-corrected chi connectivity index (χ1v) is 8.84. The van der Waals surface area contributed by atoms with Crippen molar-refractivity contribution in [3.63, 3.8) is 0 Å². The number of benzene rings is 1. The largest absolute Gasteiger partial charge is 0.348 e. The van der Waals surface area contributed by atoms with Crippen molar-refractivity contribution in [1.82, 2.24) is 24.6 Å². The smallest absolute Gasteiger partial charge is 0.253 e. The minimum Gasteiger partial charge on any atom is -0.348 e. The molecule has 1 amide bonds. The monoisotopic (exact) mass is 350 g/mol. The minimum atomic E-state index is 0.0901. The number of amides is 1. The van der Waals surface area contributed by atoms with E-state index in [1.54, 1.807) is 10.9 Å². The number of rotatable bonds is 4. The number of aromatic amines is 1. The van der Waals surface area contributed by atoms with Gasteiger partial charge in [-0.3, -0.25) is 9.48 Å². The predicted octanol–water partition coefficient (Wildman–Crippen LogP) is 2.91. The number of H-pyrrole nitrogens is 1. The molecule has 2 N–H and O–H groups in total. The van der Waals surface area contributed by atoms with Gasteiger partial charge < -0.3 is 15.2 Å². The van der Waals surface area contributed by atoms with E-state index in [9.17, 15) is 4.79 Å². The summed E-state index contributed by atoms with van der Waals surface area (Å²) in [6.07, 6.45) is 7.41. The van der Waals surface area contributed by atoms with E-state index in [1.807, 2.05) is 54.7 Å². The molecule has 1 fully saturated rings. The quantitative estimate of drug-likeness (QED) is 0.758. The summed E-state index contributed by atoms with van der Waals surface area (Å²) in [5.74, 6) is 2.32. The van der Waals surface area contributed by atoms with Gasteiger partial charge in [0.05, 0.1) is 0 Å². The van der Waals surface area contributed by atoms with E-state index in [4.69, 9.17) is 0 Å². The highest BCUT2D eigenvalue weighted by atomic mass is 16.2. The molecule has 1 aromatic carbocycles. The van der Waals surface area contributed by atoms with Crippen LogP contribution in [0.25, 0.3) is 0 Å². The van der Waals surface area contributed by atoms with Crippen molar-refractivity contribution < 1.29 is 4.79 Å². The lowest BCUT2D eigenvalue weighted by Gasteiger charge is -2.31. The SMILES string of the molecule is Cn1ccc(Nc2ccc(C(=O)N3CCC(c4ncc[nH]4)CC3)cc2)n1. The second-order valence-corrected chi connectivity index (χ2v) is 6.62. The molecule has 3 aromatic rings. The Hall–Kier alpha value is -3.09. The summed E-state index contributed by atoms with van der Waals surface area (Å²) in [4.78, 5) is 22.2. The maximum atomic E-state index is 12.7. The molecule has 1 saturated heterocycles. The Kier molecular flexibility index (Phi) is 4.43. The molecular formula is C19H22N6O. The fraction of sp³-hybridized carbons (Fsp3) is 0.316. The topological polar surface area (TPSA) is 78.8 Å². The lowest BCUT2D eigenvalue weighted by molar-refractivity contribution is 0.0711. The highest BCUT2D eigenvalue weighted by Gasteiger charge is 2.25. The Morgan fingerprint density at radius 3 is 2.58 bits per heavy atom. The molecule has 0 bridgehead atoms. The molecule has 2 aromatic heterocycles. The number of carbonyl (C=O) groups excluding carboxylic acids is 1. The average Bonchev–Trinajstić information content (AvgIpc) is 3.34. The van der Waals surface area contributed by atoms with Crippen molar-refractivity contribution in [2.75, 3.05) is 18.4 Å². The second kappa shape index (κ2) is 7.03. The molecule has 26 heavy (non-hydrogen) atoms. The van der Waals surface area contributed by atoms with Crippen LogP contribution in [0, 0.1) is 0 Å². The Morgan fingerprint density at radius 1 is 1.19 bits per heavy atom. The zero-order valence-corrected chi connectivity index (χ0v) is 14.7. The number of nitrogens with zero attached hydrogens (tertiary/aromatic N) is 4. The lowest BCUT2D eigenvalue weighted by atomic mass is 9.95. The van der Waals surface area contributed by atoms with E-state index in [1.165, 1.54) is 0 Å². The predicted molar refractivity (Wildman–Crippen MR) is 99.4 cm³/mol. The first kappa shape index (κ1) is 16.4. The molecule has 4 rings (SSSR count). The zero-order chi connectivity index (χ0) is 17.9. The van der Waals surface area contributed by atoms with Gasteiger partial charge in [-0.25, -0.2) is 4.98 Å². The van der Waals surface area contributed by atoms with Crippen molar-refractivity contribution in [3.8, 4) is 0 Å². The molecule has 3 heterocycles. The first-order chi connectivity index (χ1) is 12.7. The Morgan fingerprint density at radius 2 is 1.96 bits per heavy atom. The molecule has 0 unspecified atom stereocenters. The summed E-state index contributed by atoms with van der Waals surface area (Å²) in [6.45, 7) is 1.52. The van der Waals surface area contributed by atoms with Gasteiger partial charge >= 0.3 is 0 Å². The van der Waals surface area contributed by atoms with Crippen molar-refractivity contribution in [3.05, 3.63) is 60.3 Å². The molecule has 1 aliphatic heterocycles. The number of hydrogen-bond acceptors (Lipinski definition) is 4. The maximum absolute atomic E-state index is 12.7. The fourth-order valence-corrected chi connectivity index (χ4v) is 3.37. The standard InChI is InChI=1S/C19H22N6O/c1-24-11-8-17(23-24)22-16-4-2-15(3-5-16)19(26)25-12-6-14(7-13-25)18-20-9-10-21-18/h2-5,8-11,14H,6-7,12-13H2,1H3,(H,20,21)(H,22,23). The van der Waals surface area contributed by atoms with Crippen LogP contribution in [0.5, 0.6) is 0 Å². The number of piperidine rings is 1. The second-order valence-electron chi connectivity index (χ2n) is 6.62. The van der Waals surface area contributed by atoms with Gasteiger partial charge in [-0.05, 0) is 37.1 Å². The first-order valence-electron chi connectivity index (χ1n) is 8.84. The van der Waals surface area contributed by atoms with Gasteiger partial charge in [-0.2, -0.15) is 5.10 Å². The number of hydrogen-bond donors (Lipinski definition) is 2. The summed E-state index contributed by atoms with van der Waals surface area (Å²) < 4.78 is 1.74. The minimum absolute atomic E-state index is 0.0901. The molecule has 1 aliphatic rings. The Bertz CT molecular complexity index is 860. The number of aromatic nitrogens is 4. The van der Waals surface area contributed by atoms with Crippen LogP contribution < -0.4 is 5.32 Å². The van der Waals surface area contributed by atoms with Gasteiger partial charge in [-0.15, -0.1) is 0 Å². The van der Waals surface area contributed by atoms with Crippen molar-refractivity contribution in [2.24, 2.45) is 7.05 Å². The van der Waals surface area contributed by atoms with Crippen LogP contribution in [0.4, 0.5) is 11.5 Å². The third kappa shape index (κ3) is 3.46. The zero-order valence-electron chi connectivity index (χ0n) is 14.7. The van der Waals surface area contributed by atoms with Crippen LogP contribution in [0.15, 0.2) is 48.9 Å². The third-order valence-corrected chi connectivity index (χ3v) is 4.81. The van der Waals surface area contributed by atoms with Crippen LogP contribution >= 0.6 is 0 Å². The van der Waals surface area contributed by atoms with E-state index in [2.05, 4.69) is 20.4 Å². The normalized spacial score (nSPS) is 15.2. The summed E-state index contributed by atoms with van der Waals surface area (Å²) in [6, 6.07) is 9.47. The molecule has 0 atom stereocenters. The van der Waals surface area contributed by atoms with Crippen molar-refractivity contribution in [2.45, 2.75) is 18.8 Å². The van der Waals surface area contributed by atoms with Crippen LogP contribution in [-0.4, -0.2) is 43.6 Å². The highest BCUT2D eigenvalue weighted by Crippen LogP contribution is 2.26. The molecule has 134 valence electrons. The number of likely N-dealkylation sites (tertiary alicyclic amines) is 1. The van der Waals surface area contributed by atoms with E-state index in [-0.39, 0.29) is 5.91 Å². The molecule has 7 heteroatoms. The maximum Gasteiger partial charge on any atom is 0.253 e. The number of carbonyl (C=O) groups is 1. The fourth-order valence-electron chi connectivity index (χ4n) is 3.37. The molecule has 7 nitrogen and oxygen atoms in total. The Balaban J connectivity index is 1.36. The molecule has 0 spiro atoms. The highest BCUT2D eigenvalue weighted by molar-refractivity contribution is 5.94. The van der Waals surface area contributed by atoms with E-state index < -0.39 is 0 Å². The van der Waals surface area contributed by atoms with Gasteiger partial charge in [-0.1, -0.05) is 0 Å². The van der Waals surface area contributed by atoms with Gasteiger partial charge in [0, 0.05) is 62.0 Å². The van der Waals surface area contributed by atoms with Crippen LogP contribution in [0.2, 0.25) is 0 Å². The number of aryl methyl sites for hydroxylation is 1. The molecule has 0 saturated carbocycles. The average molecular weight is 350 g/mol. The van der Waals surface area contributed by atoms with Gasteiger partial charge in [0.1, 0.15) is 5.82 Å². The summed E-state index contributed by atoms with van der Waals surface area (Å²) in [5.41, 5.74) is 1.63.